The smallest absolute Gasteiger partial charge is 0.318 e. The molecule has 0 saturated heterocycles. The van der Waals surface area contributed by atoms with Crippen molar-refractivity contribution in [2.24, 2.45) is 5.92 Å². The molecule has 1 aromatic carbocycles. The van der Waals surface area contributed by atoms with Crippen molar-refractivity contribution >= 4 is 34.4 Å². The lowest BCUT2D eigenvalue weighted by atomic mass is 9.79. The van der Waals surface area contributed by atoms with Gasteiger partial charge in [0.1, 0.15) is 0 Å². The van der Waals surface area contributed by atoms with E-state index in [1.807, 2.05) is 12.1 Å². The third-order valence-corrected chi connectivity index (χ3v) is 4.38. The Morgan fingerprint density at radius 1 is 1.29 bits per heavy atom. The second-order valence-corrected chi connectivity index (χ2v) is 5.80. The number of aromatic amines is 1. The van der Waals surface area contributed by atoms with Gasteiger partial charge in [-0.05, 0) is 43.0 Å². The number of hydrogen-bond donors (Lipinski definition) is 3. The fourth-order valence-corrected chi connectivity index (χ4v) is 3.42. The van der Waals surface area contributed by atoms with Gasteiger partial charge in [-0.3, -0.25) is 9.59 Å². The van der Waals surface area contributed by atoms with Gasteiger partial charge < -0.3 is 15.2 Å². The van der Waals surface area contributed by atoms with Crippen LogP contribution in [0.2, 0.25) is 5.02 Å². The molecule has 6 heteroatoms. The van der Waals surface area contributed by atoms with Crippen LogP contribution in [0.5, 0.6) is 0 Å². The minimum Gasteiger partial charge on any atom is -0.481 e. The van der Waals surface area contributed by atoms with Gasteiger partial charge in [0.15, 0.2) is 5.92 Å². The molecule has 5 nitrogen and oxygen atoms in total. The number of aliphatic carboxylic acids is 2. The summed E-state index contributed by atoms with van der Waals surface area (Å²) in [6, 6.07) is 5.43. The fraction of sp³-hybridized carbons (Fsp3) is 0.333. The van der Waals surface area contributed by atoms with E-state index in [-0.39, 0.29) is 0 Å². The highest BCUT2D eigenvalue weighted by atomic mass is 35.5. The van der Waals surface area contributed by atoms with Gasteiger partial charge in [-0.25, -0.2) is 0 Å². The number of carboxylic acid groups (broad SMARTS) is 2. The second-order valence-electron chi connectivity index (χ2n) is 5.36. The third-order valence-electron chi connectivity index (χ3n) is 4.15. The first-order valence-corrected chi connectivity index (χ1v) is 7.12. The highest BCUT2D eigenvalue weighted by Gasteiger charge is 2.39. The summed E-state index contributed by atoms with van der Waals surface area (Å²) < 4.78 is 0. The molecule has 110 valence electrons. The predicted molar refractivity (Wildman–Crippen MR) is 77.7 cm³/mol. The first-order valence-electron chi connectivity index (χ1n) is 6.74. The fourth-order valence-electron chi connectivity index (χ4n) is 3.25. The number of rotatable bonds is 3. The molecule has 3 N–H and O–H groups in total. The summed E-state index contributed by atoms with van der Waals surface area (Å²) in [6.07, 6.45) is 2.13. The summed E-state index contributed by atoms with van der Waals surface area (Å²) in [4.78, 5) is 25.8. The third kappa shape index (κ3) is 2.27. The average Bonchev–Trinajstić information content (AvgIpc) is 2.77. The van der Waals surface area contributed by atoms with Crippen molar-refractivity contribution in [1.82, 2.24) is 4.98 Å². The molecular weight excluding hydrogens is 294 g/mol. The number of hydrogen-bond acceptors (Lipinski definition) is 2. The van der Waals surface area contributed by atoms with E-state index in [0.717, 1.165) is 35.0 Å². The Kier molecular flexibility index (Phi) is 3.37. The molecule has 0 fully saturated rings. The van der Waals surface area contributed by atoms with Gasteiger partial charge >= 0.3 is 11.9 Å². The summed E-state index contributed by atoms with van der Waals surface area (Å²) in [7, 11) is 0. The van der Waals surface area contributed by atoms with Gasteiger partial charge in [-0.2, -0.15) is 0 Å². The summed E-state index contributed by atoms with van der Waals surface area (Å²) in [5.74, 6) is -4.54. The van der Waals surface area contributed by atoms with Gasteiger partial charge in [-0.15, -0.1) is 0 Å². The molecular formula is C15H14ClNO4. The van der Waals surface area contributed by atoms with Gasteiger partial charge in [0.05, 0.1) is 0 Å². The molecule has 1 aromatic heterocycles. The van der Waals surface area contributed by atoms with Crippen LogP contribution in [0.25, 0.3) is 10.9 Å². The van der Waals surface area contributed by atoms with E-state index in [2.05, 4.69) is 4.98 Å². The minimum absolute atomic E-state index is 0.532. The van der Waals surface area contributed by atoms with Crippen LogP contribution in [0.3, 0.4) is 0 Å². The first-order chi connectivity index (χ1) is 9.99. The maximum atomic E-state index is 11.3. The van der Waals surface area contributed by atoms with E-state index < -0.39 is 23.8 Å². The van der Waals surface area contributed by atoms with E-state index in [9.17, 15) is 19.8 Å². The molecule has 0 radical (unpaired) electrons. The lowest BCUT2D eigenvalue weighted by Crippen LogP contribution is -2.32. The van der Waals surface area contributed by atoms with E-state index >= 15 is 0 Å². The molecule has 2 aromatic rings. The number of aryl methyl sites for hydroxylation is 1. The molecule has 1 atom stereocenters. The predicted octanol–water partition coefficient (Wildman–Crippen LogP) is 3.03. The van der Waals surface area contributed by atoms with Crippen LogP contribution in [0.1, 0.15) is 30.0 Å². The number of benzene rings is 1. The zero-order chi connectivity index (χ0) is 15.1. The number of fused-ring (bicyclic) bond motifs is 3. The lowest BCUT2D eigenvalue weighted by molar-refractivity contribution is -0.155. The van der Waals surface area contributed by atoms with Crippen molar-refractivity contribution in [2.45, 2.75) is 25.2 Å². The Bertz CT molecular complexity index is 723. The van der Waals surface area contributed by atoms with Crippen LogP contribution in [0.15, 0.2) is 18.2 Å². The standard InChI is InChI=1S/C15H14ClNO4/c16-7-4-5-11-10(6-7)8-2-1-3-9(13(8)17-11)12(14(18)19)15(20)21/h4-6,9,12,17H,1-3H2,(H,18,19)(H,20,21). The maximum Gasteiger partial charge on any atom is 0.318 e. The monoisotopic (exact) mass is 307 g/mol. The summed E-state index contributed by atoms with van der Waals surface area (Å²) in [6.45, 7) is 0. The van der Waals surface area contributed by atoms with E-state index in [1.54, 1.807) is 6.07 Å². The zero-order valence-corrected chi connectivity index (χ0v) is 11.9. The topological polar surface area (TPSA) is 90.4 Å². The molecule has 1 heterocycles. The lowest BCUT2D eigenvalue weighted by Gasteiger charge is -2.25. The normalized spacial score (nSPS) is 17.9. The number of carbonyl (C=O) groups is 2. The van der Waals surface area contributed by atoms with Crippen molar-refractivity contribution < 1.29 is 19.8 Å². The van der Waals surface area contributed by atoms with Crippen molar-refractivity contribution in [3.63, 3.8) is 0 Å². The molecule has 1 aliphatic carbocycles. The Balaban J connectivity index is 2.15. The number of carboxylic acids is 2. The molecule has 0 bridgehead atoms. The summed E-state index contributed by atoms with van der Waals surface area (Å²) >= 11 is 6.02. The SMILES string of the molecule is O=C(O)C(C(=O)O)C1CCCc2c1[nH]c1ccc(Cl)cc21. The molecule has 0 saturated carbocycles. The van der Waals surface area contributed by atoms with Crippen molar-refractivity contribution in [2.75, 3.05) is 0 Å². The van der Waals surface area contributed by atoms with Crippen LogP contribution in [0.4, 0.5) is 0 Å². The summed E-state index contributed by atoms with van der Waals surface area (Å²) in [5, 5.41) is 20.0. The van der Waals surface area contributed by atoms with Crippen LogP contribution < -0.4 is 0 Å². The van der Waals surface area contributed by atoms with E-state index in [0.29, 0.717) is 11.4 Å². The molecule has 0 aliphatic heterocycles. The minimum atomic E-state index is -1.42. The van der Waals surface area contributed by atoms with Gasteiger partial charge in [0.2, 0.25) is 0 Å². The Labute approximate surface area is 125 Å². The van der Waals surface area contributed by atoms with Crippen molar-refractivity contribution in [1.29, 1.82) is 0 Å². The Hall–Kier alpha value is -2.01. The molecule has 1 aliphatic rings. The molecule has 1 unspecified atom stereocenters. The van der Waals surface area contributed by atoms with Gasteiger partial charge in [0.25, 0.3) is 0 Å². The number of nitrogens with one attached hydrogen (secondary N) is 1. The largest absolute Gasteiger partial charge is 0.481 e. The van der Waals surface area contributed by atoms with E-state index in [1.165, 1.54) is 0 Å². The highest BCUT2D eigenvalue weighted by Crippen LogP contribution is 2.40. The van der Waals surface area contributed by atoms with Crippen LogP contribution in [-0.4, -0.2) is 27.1 Å². The maximum absolute atomic E-state index is 11.3. The highest BCUT2D eigenvalue weighted by molar-refractivity contribution is 6.31. The summed E-state index contributed by atoms with van der Waals surface area (Å²) in [5.41, 5.74) is 2.59. The Morgan fingerprint density at radius 2 is 2.00 bits per heavy atom. The quantitative estimate of drug-likeness (QED) is 0.760. The Morgan fingerprint density at radius 3 is 2.67 bits per heavy atom. The van der Waals surface area contributed by atoms with Gasteiger partial charge in [-0.1, -0.05) is 11.6 Å². The number of H-pyrrole nitrogens is 1. The van der Waals surface area contributed by atoms with Gasteiger partial charge in [0, 0.05) is 27.5 Å². The van der Waals surface area contributed by atoms with E-state index in [4.69, 9.17) is 11.6 Å². The number of halogens is 1. The second kappa shape index (κ2) is 5.07. The van der Waals surface area contributed by atoms with Crippen molar-refractivity contribution in [3.05, 3.63) is 34.5 Å². The molecule has 0 amide bonds. The number of aromatic nitrogens is 1. The average molecular weight is 308 g/mol. The van der Waals surface area contributed by atoms with Crippen LogP contribution >= 0.6 is 11.6 Å². The van der Waals surface area contributed by atoms with Crippen LogP contribution in [0, 0.1) is 5.92 Å². The first kappa shape index (κ1) is 13.9. The van der Waals surface area contributed by atoms with Crippen LogP contribution in [-0.2, 0) is 16.0 Å². The van der Waals surface area contributed by atoms with Crippen molar-refractivity contribution in [3.8, 4) is 0 Å². The molecule has 0 spiro atoms. The molecule has 3 rings (SSSR count). The molecule has 21 heavy (non-hydrogen) atoms. The zero-order valence-electron chi connectivity index (χ0n) is 11.1.